The van der Waals surface area contributed by atoms with Gasteiger partial charge in [-0.25, -0.2) is 4.79 Å². The first-order valence-electron chi connectivity index (χ1n) is 33.1. The highest BCUT2D eigenvalue weighted by Gasteiger charge is 2.44. The Balaban J connectivity index is 1.36. The number of likely N-dealkylation sites (tertiary alicyclic amines) is 1. The molecule has 0 radical (unpaired) electrons. The zero-order valence-corrected chi connectivity index (χ0v) is 59.4. The van der Waals surface area contributed by atoms with Gasteiger partial charge in [-0.1, -0.05) is 118 Å². The number of carbonyl (C=O) groups excluding carboxylic acids is 8. The van der Waals surface area contributed by atoms with Gasteiger partial charge in [-0.3, -0.25) is 38.5 Å². The fraction of sp³-hybridized carbons (Fsp3) is 0.657. The largest absolute Gasteiger partial charge is 0.445 e. The number of hydrogen-bond acceptors (Lipinski definition) is 18. The second-order valence-electron chi connectivity index (χ2n) is 25.6. The molecule has 0 spiro atoms. The third-order valence-electron chi connectivity index (χ3n) is 17.5. The summed E-state index contributed by atoms with van der Waals surface area (Å²) in [6, 6.07) is 10.0. The number of ether oxygens (including phenoxy) is 3. The number of aromatic nitrogens is 3. The average Bonchev–Trinajstić information content (AvgIpc) is 1.81. The van der Waals surface area contributed by atoms with E-state index in [4.69, 9.17) is 43.1 Å². The number of methoxy groups -OCH3 is 2. The van der Waals surface area contributed by atoms with Gasteiger partial charge in [-0.15, -0.1) is 0 Å². The smallest absolute Gasteiger partial charge is 0.410 e. The first kappa shape index (κ1) is 80.6. The number of amides is 8. The van der Waals surface area contributed by atoms with E-state index in [-0.39, 0.29) is 78.6 Å². The second kappa shape index (κ2) is 40.7. The van der Waals surface area contributed by atoms with Crippen molar-refractivity contribution in [3.8, 4) is 0 Å². The molecular formula is C67H106Cl2N14O12. The summed E-state index contributed by atoms with van der Waals surface area (Å²) >= 11 is 11.7. The number of unbranched alkanes of at least 4 members (excludes halogenated alkanes) is 2. The van der Waals surface area contributed by atoms with Crippen molar-refractivity contribution in [2.75, 3.05) is 65.3 Å². The number of benzene rings is 2. The summed E-state index contributed by atoms with van der Waals surface area (Å²) in [5, 5.41) is 31.4. The SMILES string of the molecule is CC[C@H](C)[C@@H]([C@@H](CC(=O)N1CCC[C@H]1[C@H](OC)[C@@H](C)C(=O)N[C@H](C)[C@@H](O)c1ccccc1)OC)N(C)C(=O)[C@@H](NC(=O)[C@H](C(C)C)N(C)C(=O)OCc1ccc(NC(=O)[C@H](CCCNCN)NC(=O)[C@@H](NC(=O)CCCCCNc2nc(Cl)nc(Cl)n2)C(C)C)cc1)C(C)C. The van der Waals surface area contributed by atoms with Crippen molar-refractivity contribution < 1.29 is 57.7 Å². The minimum absolute atomic E-state index is 0.0295. The first-order valence-corrected chi connectivity index (χ1v) is 33.9. The van der Waals surface area contributed by atoms with Gasteiger partial charge in [0.15, 0.2) is 0 Å². The van der Waals surface area contributed by atoms with Gasteiger partial charge in [0.1, 0.15) is 30.8 Å². The van der Waals surface area contributed by atoms with Crippen LogP contribution in [0.4, 0.5) is 16.4 Å². The zero-order valence-electron chi connectivity index (χ0n) is 57.9. The lowest BCUT2D eigenvalue weighted by Gasteiger charge is -2.41. The van der Waals surface area contributed by atoms with Gasteiger partial charge in [0.05, 0.1) is 48.8 Å². The average molecular weight is 1370 g/mol. The van der Waals surface area contributed by atoms with Gasteiger partial charge >= 0.3 is 6.09 Å². The molecule has 26 nitrogen and oxygen atoms in total. The van der Waals surface area contributed by atoms with Crippen LogP contribution in [0.15, 0.2) is 54.6 Å². The molecule has 0 bridgehead atoms. The van der Waals surface area contributed by atoms with Crippen LogP contribution >= 0.6 is 23.2 Å². The van der Waals surface area contributed by atoms with Crippen molar-refractivity contribution in [3.05, 3.63) is 76.3 Å². The number of rotatable bonds is 40. The van der Waals surface area contributed by atoms with E-state index >= 15 is 0 Å². The molecule has 2 aromatic carbocycles. The Bertz CT molecular complexity index is 2900. The summed E-state index contributed by atoms with van der Waals surface area (Å²) in [7, 11) is 6.13. The van der Waals surface area contributed by atoms with Crippen LogP contribution in [0, 0.1) is 29.6 Å². The molecule has 12 atom stereocenters. The highest BCUT2D eigenvalue weighted by atomic mass is 35.5. The molecule has 3 aromatic rings. The summed E-state index contributed by atoms with van der Waals surface area (Å²) in [6.45, 7) is 19.7. The molecule has 1 fully saturated rings. The highest BCUT2D eigenvalue weighted by molar-refractivity contribution is 6.31. The lowest BCUT2D eigenvalue weighted by Crippen LogP contribution is -2.60. The number of likely N-dealkylation sites (N-methyl/N-ethyl adjacent to an activating group) is 2. The Morgan fingerprint density at radius 1 is 0.726 bits per heavy atom. The quantitative estimate of drug-likeness (QED) is 0.0214. The van der Waals surface area contributed by atoms with E-state index in [0.29, 0.717) is 81.4 Å². The van der Waals surface area contributed by atoms with Crippen LogP contribution in [0.2, 0.25) is 10.6 Å². The molecule has 1 saturated heterocycles. The van der Waals surface area contributed by atoms with Crippen LogP contribution in [0.25, 0.3) is 0 Å². The molecule has 95 heavy (non-hydrogen) atoms. The zero-order chi connectivity index (χ0) is 70.6. The molecule has 1 aliphatic rings. The van der Waals surface area contributed by atoms with E-state index < -0.39 is 108 Å². The molecule has 2 heterocycles. The molecule has 0 saturated carbocycles. The van der Waals surface area contributed by atoms with Crippen LogP contribution in [0.3, 0.4) is 0 Å². The molecular weight excluding hydrogens is 1260 g/mol. The number of hydrogen-bond donors (Lipinski definition) is 9. The molecule has 1 aromatic heterocycles. The monoisotopic (exact) mass is 1370 g/mol. The number of nitrogens with two attached hydrogens (primary N) is 1. The fourth-order valence-electron chi connectivity index (χ4n) is 11.9. The van der Waals surface area contributed by atoms with Crippen LogP contribution < -0.4 is 43.0 Å². The van der Waals surface area contributed by atoms with Crippen molar-refractivity contribution in [2.45, 2.75) is 201 Å². The molecule has 28 heteroatoms. The van der Waals surface area contributed by atoms with Crippen LogP contribution in [-0.4, -0.2) is 191 Å². The van der Waals surface area contributed by atoms with Gasteiger partial charge < -0.3 is 72.1 Å². The Kier molecular flexibility index (Phi) is 34.5. The summed E-state index contributed by atoms with van der Waals surface area (Å²) in [4.78, 5) is 128. The van der Waals surface area contributed by atoms with Crippen molar-refractivity contribution in [3.63, 3.8) is 0 Å². The van der Waals surface area contributed by atoms with E-state index in [1.807, 2.05) is 45.9 Å². The maximum atomic E-state index is 14.8. The summed E-state index contributed by atoms with van der Waals surface area (Å²) in [5.74, 6) is -4.57. The van der Waals surface area contributed by atoms with E-state index in [9.17, 15) is 43.5 Å². The predicted molar refractivity (Wildman–Crippen MR) is 365 cm³/mol. The van der Waals surface area contributed by atoms with Crippen LogP contribution in [-0.2, 0) is 54.4 Å². The number of carbonyl (C=O) groups is 8. The fourth-order valence-corrected chi connectivity index (χ4v) is 12.3. The Labute approximate surface area is 571 Å². The molecule has 4 rings (SSSR count). The summed E-state index contributed by atoms with van der Waals surface area (Å²) < 4.78 is 17.8. The molecule has 0 unspecified atom stereocenters. The van der Waals surface area contributed by atoms with Crippen molar-refractivity contribution in [1.29, 1.82) is 0 Å². The van der Waals surface area contributed by atoms with Crippen LogP contribution in [0.5, 0.6) is 0 Å². The Morgan fingerprint density at radius 2 is 1.38 bits per heavy atom. The number of nitrogens with zero attached hydrogens (tertiary/aromatic N) is 6. The van der Waals surface area contributed by atoms with E-state index in [2.05, 4.69) is 52.2 Å². The van der Waals surface area contributed by atoms with Crippen LogP contribution in [0.1, 0.15) is 151 Å². The molecule has 0 aliphatic carbocycles. The minimum atomic E-state index is -1.07. The number of aliphatic hydroxyl groups is 1. The lowest BCUT2D eigenvalue weighted by atomic mass is 9.89. The topological polar surface area (TPSA) is 343 Å². The van der Waals surface area contributed by atoms with Gasteiger partial charge in [-0.2, -0.15) is 15.0 Å². The van der Waals surface area contributed by atoms with Gasteiger partial charge in [0.25, 0.3) is 0 Å². The molecule has 530 valence electrons. The van der Waals surface area contributed by atoms with Gasteiger partial charge in [0.2, 0.25) is 57.9 Å². The maximum absolute atomic E-state index is 14.8. The molecule has 10 N–H and O–H groups in total. The molecule has 8 amide bonds. The summed E-state index contributed by atoms with van der Waals surface area (Å²) in [6.07, 6.45) is 1.55. The Hall–Kier alpha value is -6.81. The first-order chi connectivity index (χ1) is 45.1. The van der Waals surface area contributed by atoms with Crippen molar-refractivity contribution in [2.24, 2.45) is 35.3 Å². The second-order valence-corrected chi connectivity index (χ2v) is 26.3. The number of aliphatic hydroxyl groups excluding tert-OH is 1. The summed E-state index contributed by atoms with van der Waals surface area (Å²) in [5.41, 5.74) is 7.27. The maximum Gasteiger partial charge on any atom is 0.410 e. The van der Waals surface area contributed by atoms with E-state index in [0.717, 1.165) is 0 Å². The number of halogens is 2. The number of nitrogens with one attached hydrogen (secondary N) is 7. The van der Waals surface area contributed by atoms with E-state index in [1.165, 1.54) is 26.2 Å². The number of anilines is 2. The van der Waals surface area contributed by atoms with Gasteiger partial charge in [-0.05, 0) is 122 Å². The standard InChI is InChI=1S/C67H106Cl2N14O12/c1-15-42(8)56(50(93-13)36-52(85)83-35-23-27-49(83)58(94-14)43(9)59(87)73-44(10)57(86)46-24-18-16-19-25-46)81(11)63(91)54(40(4)5)77-62(90)55(41(6)7)82(12)67(92)95-37-45-29-31-47(32-30-45)74-60(88)48(26-22-33-71-38-70)75-61(89)53(39(2)3)76-51(84)28-20-17-21-34-72-66-79-64(68)78-65(69)80-66/h16,18-19,24-25,29-32,39-44,48-50,53-58,71,86H,15,17,20-23,26-28,33-38,70H2,1-14H3,(H,73,87)(H,74,88)(H,75,89)(H,76,84)(H,77,90)(H,72,78,79,80)/t42-,43+,44+,48-,49-,50+,53-,54-,55-,56-,57+,58+/m0/s1. The van der Waals surface area contributed by atoms with Crippen molar-refractivity contribution in [1.82, 2.24) is 56.2 Å². The molecule has 1 aliphatic heterocycles. The van der Waals surface area contributed by atoms with Crippen molar-refractivity contribution >= 4 is 82.3 Å². The third-order valence-corrected chi connectivity index (χ3v) is 17.8. The Morgan fingerprint density at radius 3 is 1.97 bits per heavy atom. The van der Waals surface area contributed by atoms with Gasteiger partial charge in [0, 0.05) is 60.2 Å². The lowest BCUT2D eigenvalue weighted by molar-refractivity contribution is -0.148. The highest BCUT2D eigenvalue weighted by Crippen LogP contribution is 2.31. The third kappa shape index (κ3) is 25.0. The van der Waals surface area contributed by atoms with E-state index in [1.54, 1.807) is 94.8 Å². The predicted octanol–water partition coefficient (Wildman–Crippen LogP) is 6.59. The minimum Gasteiger partial charge on any atom is -0.445 e. The normalized spacial score (nSPS) is 16.6.